The Balaban J connectivity index is 1.67. The van der Waals surface area contributed by atoms with Crippen LogP contribution in [0.25, 0.3) is 0 Å². The van der Waals surface area contributed by atoms with E-state index in [1.807, 2.05) is 30.3 Å². The quantitative estimate of drug-likeness (QED) is 0.451. The van der Waals surface area contributed by atoms with Crippen LogP contribution in [-0.4, -0.2) is 45.4 Å². The van der Waals surface area contributed by atoms with Crippen LogP contribution in [-0.2, 0) is 26.0 Å². The Morgan fingerprint density at radius 3 is 2.46 bits per heavy atom. The third-order valence-corrected chi connectivity index (χ3v) is 6.91. The highest BCUT2D eigenvalue weighted by molar-refractivity contribution is 7.92. The molecule has 2 amide bonds. The lowest BCUT2D eigenvalue weighted by Gasteiger charge is -2.21. The predicted octanol–water partition coefficient (Wildman–Crippen LogP) is 4.25. The number of nitrogens with one attached hydrogen (secondary N) is 2. The number of aryl methyl sites for hydroxylation is 1. The lowest BCUT2D eigenvalue weighted by atomic mass is 10.00. The number of halogens is 2. The van der Waals surface area contributed by atoms with E-state index in [0.717, 1.165) is 11.8 Å². The first-order chi connectivity index (χ1) is 17.5. The molecule has 0 spiro atoms. The number of fused-ring (bicyclic) bond motifs is 1. The van der Waals surface area contributed by atoms with Gasteiger partial charge in [0, 0.05) is 40.3 Å². The molecule has 4 rings (SSSR count). The number of rotatable bonds is 7. The Morgan fingerprint density at radius 1 is 1.05 bits per heavy atom. The zero-order valence-corrected chi connectivity index (χ0v) is 22.4. The van der Waals surface area contributed by atoms with Crippen LogP contribution in [0.2, 0.25) is 10.0 Å². The molecule has 1 atom stereocenters. The van der Waals surface area contributed by atoms with Crippen molar-refractivity contribution in [3.63, 3.8) is 0 Å². The normalized spacial score (nSPS) is 15.5. The molecule has 1 aliphatic rings. The van der Waals surface area contributed by atoms with Crippen molar-refractivity contribution in [2.75, 3.05) is 22.9 Å². The fourth-order valence-corrected chi connectivity index (χ4v) is 5.03. The molecular weight excluding hydrogens is 535 g/mol. The van der Waals surface area contributed by atoms with Gasteiger partial charge in [-0.1, -0.05) is 59.6 Å². The maximum atomic E-state index is 13.4. The molecule has 11 heteroatoms. The van der Waals surface area contributed by atoms with Crippen LogP contribution in [0.5, 0.6) is 0 Å². The number of aliphatic imine (C=N–C) groups is 1. The van der Waals surface area contributed by atoms with Gasteiger partial charge in [-0.15, -0.1) is 0 Å². The Hall–Kier alpha value is -3.40. The molecule has 0 aromatic heterocycles. The van der Waals surface area contributed by atoms with Crippen molar-refractivity contribution in [2.45, 2.75) is 19.0 Å². The third-order valence-electron chi connectivity index (χ3n) is 5.72. The van der Waals surface area contributed by atoms with Gasteiger partial charge in [-0.05, 0) is 42.3 Å². The Morgan fingerprint density at radius 2 is 1.78 bits per heavy atom. The zero-order chi connectivity index (χ0) is 26.7. The van der Waals surface area contributed by atoms with Gasteiger partial charge in [-0.3, -0.25) is 14.3 Å². The number of hydrogen-bond donors (Lipinski definition) is 2. The van der Waals surface area contributed by atoms with Crippen LogP contribution in [0.3, 0.4) is 0 Å². The van der Waals surface area contributed by atoms with Crippen LogP contribution in [0.4, 0.5) is 11.4 Å². The molecular formula is C26H24Cl2N4O4S. The molecule has 37 heavy (non-hydrogen) atoms. The fourth-order valence-electron chi connectivity index (χ4n) is 3.97. The van der Waals surface area contributed by atoms with Crippen molar-refractivity contribution in [1.82, 2.24) is 5.32 Å². The van der Waals surface area contributed by atoms with Gasteiger partial charge >= 0.3 is 0 Å². The molecule has 192 valence electrons. The Bertz CT molecular complexity index is 1490. The van der Waals surface area contributed by atoms with Gasteiger partial charge in [0.25, 0.3) is 5.91 Å². The van der Waals surface area contributed by atoms with Crippen LogP contribution >= 0.6 is 23.2 Å². The van der Waals surface area contributed by atoms with Crippen molar-refractivity contribution in [3.8, 4) is 0 Å². The smallest absolute Gasteiger partial charge is 0.272 e. The summed E-state index contributed by atoms with van der Waals surface area (Å²) in [5.41, 5.74) is 3.30. The Kier molecular flexibility index (Phi) is 7.87. The van der Waals surface area contributed by atoms with Crippen molar-refractivity contribution in [3.05, 3.63) is 93.5 Å². The van der Waals surface area contributed by atoms with Crippen LogP contribution in [0.15, 0.2) is 71.7 Å². The first-order valence-electron chi connectivity index (χ1n) is 11.3. The molecule has 1 aliphatic heterocycles. The number of benzodiazepines with no additional fused rings is 1. The molecule has 1 heterocycles. The van der Waals surface area contributed by atoms with E-state index in [1.54, 1.807) is 43.4 Å². The molecule has 0 saturated heterocycles. The van der Waals surface area contributed by atoms with Crippen LogP contribution in [0.1, 0.15) is 23.1 Å². The molecule has 8 nitrogen and oxygen atoms in total. The van der Waals surface area contributed by atoms with E-state index >= 15 is 0 Å². The summed E-state index contributed by atoms with van der Waals surface area (Å²) in [7, 11) is -1.94. The summed E-state index contributed by atoms with van der Waals surface area (Å²) in [6.45, 7) is 0. The number of sulfonamides is 1. The van der Waals surface area contributed by atoms with Crippen molar-refractivity contribution in [2.24, 2.45) is 4.99 Å². The highest BCUT2D eigenvalue weighted by Gasteiger charge is 2.31. The molecule has 3 aromatic carbocycles. The van der Waals surface area contributed by atoms with Gasteiger partial charge in [0.1, 0.15) is 0 Å². The second-order valence-corrected chi connectivity index (χ2v) is 11.1. The van der Waals surface area contributed by atoms with Crippen LogP contribution < -0.4 is 14.9 Å². The van der Waals surface area contributed by atoms with Gasteiger partial charge in [-0.2, -0.15) is 0 Å². The van der Waals surface area contributed by atoms with Gasteiger partial charge < -0.3 is 10.2 Å². The zero-order valence-electron chi connectivity index (χ0n) is 20.0. The van der Waals surface area contributed by atoms with Crippen molar-refractivity contribution >= 4 is 62.1 Å². The summed E-state index contributed by atoms with van der Waals surface area (Å²) in [5.74, 6) is -0.812. The van der Waals surface area contributed by atoms with Gasteiger partial charge in [-0.25, -0.2) is 13.4 Å². The second-order valence-electron chi connectivity index (χ2n) is 8.55. The minimum atomic E-state index is -3.52. The standard InChI is InChI=1S/C26H24Cl2N4O4S/c1-32-22-12-11-19(31-37(2,35)36)15-20(22)24(17-6-4-3-5-7-17)30-25(26(32)34)29-23(33)13-9-16-8-10-18(27)14-21(16)28/h3-8,10-12,14-15,25,31H,9,13H2,1-2H3,(H,29,33)/t25-/m1/s1. The highest BCUT2D eigenvalue weighted by Crippen LogP contribution is 2.30. The average Bonchev–Trinajstić information content (AvgIpc) is 2.93. The van der Waals surface area contributed by atoms with E-state index in [9.17, 15) is 18.0 Å². The second kappa shape index (κ2) is 10.9. The summed E-state index contributed by atoms with van der Waals surface area (Å²) < 4.78 is 26.1. The Labute approximate surface area is 225 Å². The average molecular weight is 559 g/mol. The van der Waals surface area contributed by atoms with Gasteiger partial charge in [0.15, 0.2) is 0 Å². The van der Waals surface area contributed by atoms with Gasteiger partial charge in [0.2, 0.25) is 22.1 Å². The monoisotopic (exact) mass is 558 g/mol. The van der Waals surface area contributed by atoms with Crippen molar-refractivity contribution < 1.29 is 18.0 Å². The van der Waals surface area contributed by atoms with E-state index in [-0.39, 0.29) is 12.3 Å². The SMILES string of the molecule is CN1C(=O)[C@H](NC(=O)CCc2ccc(Cl)cc2Cl)N=C(c2ccccc2)c2cc(NS(C)(=O)=O)ccc21. The van der Waals surface area contributed by atoms with E-state index in [1.165, 1.54) is 4.90 Å². The van der Waals surface area contributed by atoms with Gasteiger partial charge in [0.05, 0.1) is 17.7 Å². The molecule has 2 N–H and O–H groups in total. The number of hydrogen-bond acceptors (Lipinski definition) is 5. The summed E-state index contributed by atoms with van der Waals surface area (Å²) in [5, 5.41) is 3.69. The number of benzene rings is 3. The number of amides is 2. The molecule has 0 bridgehead atoms. The molecule has 0 unspecified atom stereocenters. The summed E-state index contributed by atoms with van der Waals surface area (Å²) in [6, 6.07) is 19.1. The fraction of sp³-hybridized carbons (Fsp3) is 0.192. The topological polar surface area (TPSA) is 108 Å². The maximum Gasteiger partial charge on any atom is 0.272 e. The minimum Gasteiger partial charge on any atom is -0.327 e. The number of anilines is 2. The number of carbonyl (C=O) groups is 2. The number of nitrogens with zero attached hydrogens (tertiary/aromatic N) is 2. The minimum absolute atomic E-state index is 0.0837. The van der Waals surface area contributed by atoms with Crippen LogP contribution in [0, 0.1) is 0 Å². The van der Waals surface area contributed by atoms with Crippen molar-refractivity contribution in [1.29, 1.82) is 0 Å². The maximum absolute atomic E-state index is 13.4. The van der Waals surface area contributed by atoms with E-state index < -0.39 is 22.1 Å². The molecule has 0 saturated carbocycles. The van der Waals surface area contributed by atoms with E-state index in [4.69, 9.17) is 23.2 Å². The van der Waals surface area contributed by atoms with E-state index in [2.05, 4.69) is 15.0 Å². The largest absolute Gasteiger partial charge is 0.327 e. The molecule has 0 aliphatic carbocycles. The summed E-state index contributed by atoms with van der Waals surface area (Å²) in [6.07, 6.45) is 0.310. The number of likely N-dealkylation sites (N-methyl/N-ethyl adjacent to an activating group) is 1. The lowest BCUT2D eigenvalue weighted by Crippen LogP contribution is -2.46. The molecule has 3 aromatic rings. The first kappa shape index (κ1) is 26.7. The lowest BCUT2D eigenvalue weighted by molar-refractivity contribution is -0.127. The highest BCUT2D eigenvalue weighted by atomic mass is 35.5. The third kappa shape index (κ3) is 6.49. The molecule has 0 radical (unpaired) electrons. The summed E-state index contributed by atoms with van der Waals surface area (Å²) in [4.78, 5) is 32.3. The van der Waals surface area contributed by atoms with E-state index in [0.29, 0.717) is 44.7 Å². The first-order valence-corrected chi connectivity index (χ1v) is 13.9. The number of carbonyl (C=O) groups excluding carboxylic acids is 2. The predicted molar refractivity (Wildman–Crippen MR) is 147 cm³/mol. The molecule has 0 fully saturated rings. The summed E-state index contributed by atoms with van der Waals surface area (Å²) >= 11 is 12.2.